The fourth-order valence-corrected chi connectivity index (χ4v) is 12.1. The van der Waals surface area contributed by atoms with Gasteiger partial charge >= 0.3 is 6.09 Å². The van der Waals surface area contributed by atoms with Gasteiger partial charge in [-0.1, -0.05) is 27.0 Å². The van der Waals surface area contributed by atoms with E-state index >= 15 is 0 Å². The number of alkyl carbamates (subject to hydrolysis) is 1. The normalized spacial score (nSPS) is 48.4. The van der Waals surface area contributed by atoms with E-state index in [2.05, 4.69) is 25.4 Å². The van der Waals surface area contributed by atoms with Gasteiger partial charge in [0, 0.05) is 57.6 Å². The molecule has 10 saturated heterocycles. The number of Topliss-reactive ketones (excluding diaryl/α,β-unsaturated/α-hetero) is 1. The zero-order valence-electron chi connectivity index (χ0n) is 36.4. The third-order valence-corrected chi connectivity index (χ3v) is 15.1. The van der Waals surface area contributed by atoms with Gasteiger partial charge in [0.1, 0.15) is 41.9 Å². The van der Waals surface area contributed by atoms with Crippen molar-refractivity contribution in [2.75, 3.05) is 13.7 Å². The summed E-state index contributed by atoms with van der Waals surface area (Å²) in [6.07, 6.45) is 2.35. The summed E-state index contributed by atoms with van der Waals surface area (Å²) in [4.78, 5) is 27.0. The van der Waals surface area contributed by atoms with Crippen LogP contribution in [0.3, 0.4) is 0 Å². The van der Waals surface area contributed by atoms with Crippen LogP contribution >= 0.6 is 0 Å². The lowest BCUT2D eigenvalue weighted by Gasteiger charge is -2.47. The Morgan fingerprint density at radius 2 is 1.55 bits per heavy atom. The Morgan fingerprint density at radius 1 is 0.833 bits per heavy atom. The van der Waals surface area contributed by atoms with Gasteiger partial charge in [0.2, 0.25) is 0 Å². The first-order chi connectivity index (χ1) is 28.6. The number of methoxy groups -OCH3 is 1. The minimum atomic E-state index is -0.944. The van der Waals surface area contributed by atoms with Gasteiger partial charge in [0.15, 0.2) is 5.79 Å². The standard InChI is InChI=1S/C46H69NO13/c1-22-15-27-9-11-31-23(2)16-29(52-31)13-14-46-20-36-40(58-46)41-42(57-36)43(59-46)39-32(56-41)12-10-28(54-39)18-30(49)25(4)37-34(19-33(53-27)24(22)3)55-35(38(37)51-8)17-26(48)21-47-44(50)60-45(5,6)7/h22,25-29,31-43,48H,2-3,9-21H2,1,4-8H3,(H,47,50)/t22-,25?,26+,27+,28-,29+,31+,32+,33?,34+,35-,36-,37+,38+,39+,40+,41+,42-,43+,46+/m1/s1. The van der Waals surface area contributed by atoms with Gasteiger partial charge in [-0.25, -0.2) is 4.79 Å². The Balaban J connectivity index is 0.972. The molecule has 0 aliphatic carbocycles. The Hall–Kier alpha value is -1.98. The molecule has 2 unspecified atom stereocenters. The van der Waals surface area contributed by atoms with Crippen molar-refractivity contribution in [2.45, 2.75) is 221 Å². The van der Waals surface area contributed by atoms with Crippen LogP contribution in [0.1, 0.15) is 112 Å². The van der Waals surface area contributed by atoms with Crippen molar-refractivity contribution in [3.8, 4) is 0 Å². The number of hydrogen-bond acceptors (Lipinski definition) is 13. The second-order valence-electron chi connectivity index (χ2n) is 20.5. The highest BCUT2D eigenvalue weighted by Gasteiger charge is 2.69. The molecule has 0 aromatic carbocycles. The molecule has 12 bridgehead atoms. The van der Waals surface area contributed by atoms with E-state index in [0.717, 1.165) is 49.7 Å². The molecule has 0 saturated carbocycles. The number of carbonyl (C=O) groups is 2. The molecular weight excluding hydrogens is 774 g/mol. The average molecular weight is 844 g/mol. The first-order valence-electron chi connectivity index (χ1n) is 22.9. The van der Waals surface area contributed by atoms with Crippen LogP contribution in [-0.4, -0.2) is 140 Å². The minimum absolute atomic E-state index is 0.00660. The monoisotopic (exact) mass is 843 g/mol. The van der Waals surface area contributed by atoms with Crippen LogP contribution in [0.5, 0.6) is 0 Å². The van der Waals surface area contributed by atoms with Crippen LogP contribution in [0, 0.1) is 17.8 Å². The van der Waals surface area contributed by atoms with Gasteiger partial charge < -0.3 is 57.8 Å². The summed E-state index contributed by atoms with van der Waals surface area (Å²) in [5, 5.41) is 13.9. The Labute approximate surface area is 355 Å². The topological polar surface area (TPSA) is 159 Å². The lowest BCUT2D eigenvalue weighted by molar-refractivity contribution is -0.292. The maximum absolute atomic E-state index is 14.6. The highest BCUT2D eigenvalue weighted by Crippen LogP contribution is 2.54. The molecule has 0 aromatic heterocycles. The molecule has 60 heavy (non-hydrogen) atoms. The van der Waals surface area contributed by atoms with E-state index < -0.39 is 53.9 Å². The van der Waals surface area contributed by atoms with E-state index in [1.807, 2.05) is 6.92 Å². The largest absolute Gasteiger partial charge is 0.444 e. The van der Waals surface area contributed by atoms with Crippen molar-refractivity contribution in [3.05, 3.63) is 24.3 Å². The molecule has 336 valence electrons. The molecule has 1 spiro atoms. The van der Waals surface area contributed by atoms with Crippen molar-refractivity contribution >= 4 is 11.9 Å². The van der Waals surface area contributed by atoms with Crippen LogP contribution in [-0.2, 0) is 52.2 Å². The van der Waals surface area contributed by atoms with Crippen LogP contribution in [0.15, 0.2) is 24.3 Å². The van der Waals surface area contributed by atoms with E-state index in [4.69, 9.17) is 47.4 Å². The van der Waals surface area contributed by atoms with E-state index in [1.54, 1.807) is 27.9 Å². The Kier molecular flexibility index (Phi) is 12.2. The number of ether oxygens (including phenoxy) is 10. The smallest absolute Gasteiger partial charge is 0.407 e. The summed E-state index contributed by atoms with van der Waals surface area (Å²) in [7, 11) is 1.63. The molecule has 10 aliphatic rings. The number of amides is 1. The van der Waals surface area contributed by atoms with Gasteiger partial charge in [-0.05, 0) is 82.8 Å². The number of rotatable bonds is 5. The lowest BCUT2D eigenvalue weighted by Crippen LogP contribution is -2.61. The number of ketones is 1. The average Bonchev–Trinajstić information content (AvgIpc) is 3.87. The summed E-state index contributed by atoms with van der Waals surface area (Å²) >= 11 is 0. The second kappa shape index (κ2) is 16.9. The summed E-state index contributed by atoms with van der Waals surface area (Å²) in [5.74, 6) is -1.33. The van der Waals surface area contributed by atoms with Gasteiger partial charge in [0.25, 0.3) is 0 Å². The molecule has 14 heteroatoms. The number of nitrogens with one attached hydrogen (secondary N) is 1. The number of hydrogen-bond donors (Lipinski definition) is 2. The molecule has 20 atom stereocenters. The maximum atomic E-state index is 14.6. The van der Waals surface area contributed by atoms with Crippen molar-refractivity contribution in [1.82, 2.24) is 5.32 Å². The summed E-state index contributed by atoms with van der Waals surface area (Å²) in [6.45, 7) is 18.5. The number of carbonyl (C=O) groups excluding carboxylic acids is 2. The fourth-order valence-electron chi connectivity index (χ4n) is 12.1. The Bertz CT molecular complexity index is 1630. The molecule has 2 N–H and O–H groups in total. The SMILES string of the molecule is C=C1C2C[C@@H]3O[C@H](C[C@H](O)CNC(=O)OC(C)(C)C)[C@H](OC)[C@H]3C(C)C(=O)C[C@H]3CC[C@@H]4O[C@@H]5[C@H]6O[C@@H]7C[C@](CC[C@H]8CC(=C)[C@H](CC[C@@H](C[C@H]1C)O2)O8)(O[C@H]6[C@H]4O3)O[C@H]57. The molecule has 0 radical (unpaired) electrons. The lowest BCUT2D eigenvalue weighted by atomic mass is 9.76. The molecule has 10 fully saturated rings. The zero-order valence-corrected chi connectivity index (χ0v) is 36.4. The number of fused-ring (bicyclic) bond motifs is 6. The zero-order chi connectivity index (χ0) is 42.2. The highest BCUT2D eigenvalue weighted by molar-refractivity contribution is 5.81. The molecular formula is C46H69NO13. The molecule has 10 heterocycles. The molecule has 10 aliphatic heterocycles. The van der Waals surface area contributed by atoms with E-state index in [0.29, 0.717) is 25.7 Å². The van der Waals surface area contributed by atoms with Crippen molar-refractivity contribution in [1.29, 1.82) is 0 Å². The maximum Gasteiger partial charge on any atom is 0.407 e. The van der Waals surface area contributed by atoms with Crippen molar-refractivity contribution in [3.63, 3.8) is 0 Å². The van der Waals surface area contributed by atoms with Crippen molar-refractivity contribution < 1.29 is 62.1 Å². The van der Waals surface area contributed by atoms with Gasteiger partial charge in [0.05, 0.1) is 67.1 Å². The van der Waals surface area contributed by atoms with Gasteiger partial charge in [-0.15, -0.1) is 0 Å². The first-order valence-corrected chi connectivity index (χ1v) is 22.9. The third kappa shape index (κ3) is 8.53. The molecule has 14 nitrogen and oxygen atoms in total. The Morgan fingerprint density at radius 3 is 2.33 bits per heavy atom. The second-order valence-corrected chi connectivity index (χ2v) is 20.5. The highest BCUT2D eigenvalue weighted by atomic mass is 16.8. The molecule has 1 amide bonds. The third-order valence-electron chi connectivity index (χ3n) is 15.1. The summed E-state index contributed by atoms with van der Waals surface area (Å²) in [5.41, 5.74) is 1.47. The van der Waals surface area contributed by atoms with Gasteiger partial charge in [-0.3, -0.25) is 4.79 Å². The summed E-state index contributed by atoms with van der Waals surface area (Å²) < 4.78 is 66.0. The van der Waals surface area contributed by atoms with Crippen LogP contribution < -0.4 is 5.32 Å². The summed E-state index contributed by atoms with van der Waals surface area (Å²) in [6, 6.07) is 0. The predicted molar refractivity (Wildman–Crippen MR) is 216 cm³/mol. The van der Waals surface area contributed by atoms with Crippen LogP contribution in [0.4, 0.5) is 4.79 Å². The van der Waals surface area contributed by atoms with E-state index in [1.165, 1.54) is 0 Å². The van der Waals surface area contributed by atoms with E-state index in [-0.39, 0.29) is 104 Å². The van der Waals surface area contributed by atoms with Crippen molar-refractivity contribution in [2.24, 2.45) is 17.8 Å². The quantitative estimate of drug-likeness (QED) is 0.346. The fraction of sp³-hybridized carbons (Fsp3) is 0.870. The first kappa shape index (κ1) is 43.3. The van der Waals surface area contributed by atoms with Crippen LogP contribution in [0.25, 0.3) is 0 Å². The predicted octanol–water partition coefficient (Wildman–Crippen LogP) is 5.25. The minimum Gasteiger partial charge on any atom is -0.444 e. The molecule has 10 rings (SSSR count). The van der Waals surface area contributed by atoms with Crippen LogP contribution in [0.2, 0.25) is 0 Å². The van der Waals surface area contributed by atoms with Gasteiger partial charge in [-0.2, -0.15) is 0 Å². The molecule has 0 aromatic rings. The number of aliphatic hydroxyl groups is 1. The van der Waals surface area contributed by atoms with E-state index in [9.17, 15) is 14.7 Å². The number of aliphatic hydroxyl groups excluding tert-OH is 1.